The van der Waals surface area contributed by atoms with Gasteiger partial charge in [0.25, 0.3) is 0 Å². The number of nitrogens with zero attached hydrogens (tertiary/aromatic N) is 1. The molecule has 0 saturated carbocycles. The highest BCUT2D eigenvalue weighted by Gasteiger charge is 2.30. The summed E-state index contributed by atoms with van der Waals surface area (Å²) in [6.45, 7) is 0.338. The lowest BCUT2D eigenvalue weighted by Gasteiger charge is -2.29. The van der Waals surface area contributed by atoms with Crippen molar-refractivity contribution >= 4 is 16.0 Å². The quantitative estimate of drug-likeness (QED) is 0.840. The first-order valence-corrected chi connectivity index (χ1v) is 7.90. The first-order chi connectivity index (χ1) is 9.86. The zero-order valence-corrected chi connectivity index (χ0v) is 12.3. The molecule has 0 spiro atoms. The van der Waals surface area contributed by atoms with E-state index in [0.29, 0.717) is 19.4 Å². The lowest BCUT2D eigenvalue weighted by molar-refractivity contribution is 0.0693. The molecular formula is C13H17NO6S. The average molecular weight is 315 g/mol. The molecule has 2 N–H and O–H groups in total. The molecule has 8 heteroatoms. The van der Waals surface area contributed by atoms with Crippen LogP contribution in [0.4, 0.5) is 0 Å². The zero-order chi connectivity index (χ0) is 15.6. The Morgan fingerprint density at radius 3 is 2.71 bits per heavy atom. The number of aromatic carboxylic acids is 1. The minimum absolute atomic E-state index is 0.0246. The lowest BCUT2D eigenvalue weighted by atomic mass is 10.1. The van der Waals surface area contributed by atoms with Gasteiger partial charge in [0.1, 0.15) is 11.3 Å². The Balaban J connectivity index is 2.40. The van der Waals surface area contributed by atoms with E-state index in [1.165, 1.54) is 23.5 Å². The van der Waals surface area contributed by atoms with Crippen molar-refractivity contribution in [1.82, 2.24) is 4.31 Å². The normalized spacial score (nSPS) is 20.2. The number of aliphatic hydroxyl groups excluding tert-OH is 1. The number of hydrogen-bond acceptors (Lipinski definition) is 5. The van der Waals surface area contributed by atoms with Gasteiger partial charge in [-0.25, -0.2) is 13.2 Å². The summed E-state index contributed by atoms with van der Waals surface area (Å²) in [7, 11) is -2.51. The number of benzene rings is 1. The maximum atomic E-state index is 12.5. The third-order valence-electron chi connectivity index (χ3n) is 3.40. The molecule has 0 aromatic heterocycles. The molecule has 1 aliphatic rings. The lowest BCUT2D eigenvalue weighted by Crippen LogP contribution is -2.42. The fraction of sp³-hybridized carbons (Fsp3) is 0.462. The Bertz CT molecular complexity index is 642. The van der Waals surface area contributed by atoms with Crippen molar-refractivity contribution in [2.75, 3.05) is 20.2 Å². The van der Waals surface area contributed by atoms with Crippen LogP contribution < -0.4 is 4.74 Å². The van der Waals surface area contributed by atoms with Crippen LogP contribution in [0.2, 0.25) is 0 Å². The van der Waals surface area contributed by atoms with Gasteiger partial charge < -0.3 is 14.9 Å². The molecule has 0 aliphatic carbocycles. The monoisotopic (exact) mass is 315 g/mol. The van der Waals surface area contributed by atoms with Gasteiger partial charge in [0.15, 0.2) is 0 Å². The van der Waals surface area contributed by atoms with E-state index in [1.807, 2.05) is 0 Å². The number of carboxylic acids is 1. The van der Waals surface area contributed by atoms with Crippen LogP contribution in [0.15, 0.2) is 23.1 Å². The molecule has 0 bridgehead atoms. The van der Waals surface area contributed by atoms with E-state index >= 15 is 0 Å². The highest BCUT2D eigenvalue weighted by Crippen LogP contribution is 2.26. The van der Waals surface area contributed by atoms with Crippen molar-refractivity contribution < 1.29 is 28.2 Å². The predicted molar refractivity (Wildman–Crippen MR) is 74.0 cm³/mol. The van der Waals surface area contributed by atoms with Gasteiger partial charge >= 0.3 is 5.97 Å². The summed E-state index contributed by atoms with van der Waals surface area (Å²) in [5, 5.41) is 18.7. The summed E-state index contributed by atoms with van der Waals surface area (Å²) in [5.41, 5.74) is -0.212. The Morgan fingerprint density at radius 2 is 2.14 bits per heavy atom. The summed E-state index contributed by atoms with van der Waals surface area (Å²) in [5.74, 6) is -1.16. The standard InChI is InChI=1S/C13H17NO6S/c1-20-12-5-4-10(7-11(12)13(16)17)21(18,19)14-6-2-3-9(15)8-14/h4-5,7,9,15H,2-3,6,8H2,1H3,(H,16,17). The fourth-order valence-corrected chi connectivity index (χ4v) is 3.85. The van der Waals surface area contributed by atoms with Crippen LogP contribution in [0.25, 0.3) is 0 Å². The smallest absolute Gasteiger partial charge is 0.339 e. The zero-order valence-electron chi connectivity index (χ0n) is 11.5. The number of methoxy groups -OCH3 is 1. The Labute approximate surface area is 122 Å². The predicted octanol–water partition coefficient (Wildman–Crippen LogP) is 0.539. The Morgan fingerprint density at radius 1 is 1.43 bits per heavy atom. The van der Waals surface area contributed by atoms with Gasteiger partial charge in [0, 0.05) is 13.1 Å². The van der Waals surface area contributed by atoms with Crippen LogP contribution in [0.1, 0.15) is 23.2 Å². The molecule has 1 fully saturated rings. The second kappa shape index (κ2) is 6.00. The highest BCUT2D eigenvalue weighted by molar-refractivity contribution is 7.89. The fourth-order valence-electron chi connectivity index (χ4n) is 2.30. The van der Waals surface area contributed by atoms with Crippen molar-refractivity contribution in [1.29, 1.82) is 0 Å². The molecule has 1 heterocycles. The number of aliphatic hydroxyl groups is 1. The molecule has 21 heavy (non-hydrogen) atoms. The van der Waals surface area contributed by atoms with Crippen LogP contribution in [0.3, 0.4) is 0 Å². The van der Waals surface area contributed by atoms with Crippen molar-refractivity contribution in [3.63, 3.8) is 0 Å². The molecule has 1 aromatic carbocycles. The number of piperidine rings is 1. The van der Waals surface area contributed by atoms with Gasteiger partial charge in [-0.2, -0.15) is 4.31 Å². The molecule has 1 aliphatic heterocycles. The largest absolute Gasteiger partial charge is 0.496 e. The molecule has 1 aromatic rings. The van der Waals surface area contributed by atoms with Gasteiger partial charge in [0.05, 0.1) is 18.1 Å². The summed E-state index contributed by atoms with van der Waals surface area (Å²) < 4.78 is 31.1. The molecule has 1 atom stereocenters. The average Bonchev–Trinajstić information content (AvgIpc) is 2.46. The minimum atomic E-state index is -3.82. The summed E-state index contributed by atoms with van der Waals surface area (Å²) in [6.07, 6.45) is 0.447. The number of carbonyl (C=O) groups is 1. The topological polar surface area (TPSA) is 104 Å². The van der Waals surface area contributed by atoms with Gasteiger partial charge in [-0.15, -0.1) is 0 Å². The maximum absolute atomic E-state index is 12.5. The Kier molecular flexibility index (Phi) is 4.50. The van der Waals surface area contributed by atoms with E-state index < -0.39 is 22.1 Å². The molecule has 7 nitrogen and oxygen atoms in total. The first kappa shape index (κ1) is 15.7. The molecule has 1 unspecified atom stereocenters. The van der Waals surface area contributed by atoms with Gasteiger partial charge in [-0.1, -0.05) is 0 Å². The van der Waals surface area contributed by atoms with Gasteiger partial charge in [0.2, 0.25) is 10.0 Å². The number of hydrogen-bond donors (Lipinski definition) is 2. The molecule has 116 valence electrons. The maximum Gasteiger partial charge on any atom is 0.339 e. The number of rotatable bonds is 4. The molecular weight excluding hydrogens is 298 g/mol. The van der Waals surface area contributed by atoms with Crippen molar-refractivity contribution in [3.05, 3.63) is 23.8 Å². The van der Waals surface area contributed by atoms with Crippen LogP contribution in [-0.4, -0.2) is 55.2 Å². The van der Waals surface area contributed by atoms with E-state index in [4.69, 9.17) is 9.84 Å². The first-order valence-electron chi connectivity index (χ1n) is 6.46. The van der Waals surface area contributed by atoms with Crippen LogP contribution in [-0.2, 0) is 10.0 Å². The minimum Gasteiger partial charge on any atom is -0.496 e. The third kappa shape index (κ3) is 3.17. The molecule has 0 radical (unpaired) electrons. The van der Waals surface area contributed by atoms with E-state index in [9.17, 15) is 18.3 Å². The van der Waals surface area contributed by atoms with Gasteiger partial charge in [-0.05, 0) is 31.0 Å². The highest BCUT2D eigenvalue weighted by atomic mass is 32.2. The van der Waals surface area contributed by atoms with E-state index in [1.54, 1.807) is 0 Å². The van der Waals surface area contributed by atoms with E-state index in [-0.39, 0.29) is 22.8 Å². The van der Waals surface area contributed by atoms with Crippen LogP contribution >= 0.6 is 0 Å². The van der Waals surface area contributed by atoms with E-state index in [2.05, 4.69) is 0 Å². The number of carboxylic acid groups (broad SMARTS) is 1. The summed E-state index contributed by atoms with van der Waals surface area (Å²) in [4.78, 5) is 11.0. The second-order valence-electron chi connectivity index (χ2n) is 4.83. The van der Waals surface area contributed by atoms with Crippen molar-refractivity contribution in [2.45, 2.75) is 23.8 Å². The SMILES string of the molecule is COc1ccc(S(=O)(=O)N2CCCC(O)C2)cc1C(=O)O. The Hall–Kier alpha value is -1.64. The third-order valence-corrected chi connectivity index (χ3v) is 5.26. The number of β-amino-alcohol motifs (C(OH)–C–C–N with tert-alkyl or cyclic N) is 1. The van der Waals surface area contributed by atoms with Crippen LogP contribution in [0, 0.1) is 0 Å². The second-order valence-corrected chi connectivity index (χ2v) is 6.76. The van der Waals surface area contributed by atoms with Gasteiger partial charge in [-0.3, -0.25) is 0 Å². The summed E-state index contributed by atoms with van der Waals surface area (Å²) >= 11 is 0. The summed E-state index contributed by atoms with van der Waals surface area (Å²) in [6, 6.07) is 3.70. The van der Waals surface area contributed by atoms with Crippen LogP contribution in [0.5, 0.6) is 5.75 Å². The number of sulfonamides is 1. The van der Waals surface area contributed by atoms with Crippen molar-refractivity contribution in [3.8, 4) is 5.75 Å². The molecule has 2 rings (SSSR count). The molecule has 1 saturated heterocycles. The molecule has 0 amide bonds. The van der Waals surface area contributed by atoms with E-state index in [0.717, 1.165) is 6.07 Å². The number of ether oxygens (including phenoxy) is 1. The van der Waals surface area contributed by atoms with Crippen molar-refractivity contribution in [2.24, 2.45) is 0 Å².